The number of carbonyl (C=O) groups excluding carboxylic acids is 1. The smallest absolute Gasteiger partial charge is 0.220 e. The van der Waals surface area contributed by atoms with Crippen molar-refractivity contribution in [1.82, 2.24) is 9.62 Å². The molecule has 1 amide bonds. The second-order valence-corrected chi connectivity index (χ2v) is 7.67. The molecule has 0 radical (unpaired) electrons. The Morgan fingerprint density at radius 3 is 2.54 bits per heavy atom. The molecule has 1 aliphatic rings. The largest absolute Gasteiger partial charge is 0.379 e. The Morgan fingerprint density at radius 2 is 1.88 bits per heavy atom. The minimum absolute atomic E-state index is 0.0676. The van der Waals surface area contributed by atoms with Crippen LogP contribution in [0.25, 0.3) is 0 Å². The van der Waals surface area contributed by atoms with E-state index in [2.05, 4.69) is 5.32 Å². The van der Waals surface area contributed by atoms with E-state index in [-0.39, 0.29) is 11.7 Å². The van der Waals surface area contributed by atoms with E-state index >= 15 is 0 Å². The number of morpholine rings is 1. The summed E-state index contributed by atoms with van der Waals surface area (Å²) in [5.41, 5.74) is 6.91. The second kappa shape index (κ2) is 9.12. The van der Waals surface area contributed by atoms with Crippen molar-refractivity contribution in [3.8, 4) is 0 Å². The van der Waals surface area contributed by atoms with Gasteiger partial charge in [0.05, 0.1) is 19.0 Å². The summed E-state index contributed by atoms with van der Waals surface area (Å²) in [4.78, 5) is 11.7. The fraction of sp³-hybridized carbons (Fsp3) is 0.562. The van der Waals surface area contributed by atoms with Crippen LogP contribution in [0.5, 0.6) is 0 Å². The van der Waals surface area contributed by atoms with E-state index in [0.717, 1.165) is 5.56 Å². The van der Waals surface area contributed by atoms with Gasteiger partial charge in [0, 0.05) is 26.1 Å². The molecule has 1 aliphatic heterocycles. The van der Waals surface area contributed by atoms with Crippen molar-refractivity contribution in [3.05, 3.63) is 35.4 Å². The maximum atomic E-state index is 12.6. The molecule has 0 aromatic heterocycles. The Kier molecular flexibility index (Phi) is 7.16. The predicted molar refractivity (Wildman–Crippen MR) is 91.6 cm³/mol. The molecule has 3 N–H and O–H groups in total. The number of benzene rings is 1. The van der Waals surface area contributed by atoms with Gasteiger partial charge in [-0.1, -0.05) is 24.3 Å². The fourth-order valence-electron chi connectivity index (χ4n) is 2.53. The van der Waals surface area contributed by atoms with E-state index in [1.807, 2.05) is 18.2 Å². The first-order valence-electron chi connectivity index (χ1n) is 8.12. The van der Waals surface area contributed by atoms with Crippen molar-refractivity contribution >= 4 is 15.9 Å². The highest BCUT2D eigenvalue weighted by Crippen LogP contribution is 2.16. The minimum Gasteiger partial charge on any atom is -0.379 e. The summed E-state index contributed by atoms with van der Waals surface area (Å²) in [5.74, 6) is -0.145. The van der Waals surface area contributed by atoms with Gasteiger partial charge in [0.25, 0.3) is 0 Å². The van der Waals surface area contributed by atoms with Crippen LogP contribution < -0.4 is 11.1 Å². The average molecular weight is 355 g/mol. The molecule has 1 aromatic rings. The van der Waals surface area contributed by atoms with Gasteiger partial charge in [0.15, 0.2) is 0 Å². The number of amides is 1. The Morgan fingerprint density at radius 1 is 1.21 bits per heavy atom. The van der Waals surface area contributed by atoms with Crippen molar-refractivity contribution in [3.63, 3.8) is 0 Å². The SMILES string of the molecule is NCCCC(=O)NCc1ccccc1CS(=O)(=O)N1CCOCC1. The summed E-state index contributed by atoms with van der Waals surface area (Å²) in [5, 5.41) is 2.82. The molecule has 1 saturated heterocycles. The molecule has 134 valence electrons. The standard InChI is InChI=1S/C16H25N3O4S/c17-7-3-6-16(20)18-12-14-4-1-2-5-15(14)13-24(21,22)19-8-10-23-11-9-19/h1-2,4-5H,3,6-13,17H2,(H,18,20). The molecule has 0 bridgehead atoms. The molecule has 0 spiro atoms. The molecule has 0 unspecified atom stereocenters. The molecular formula is C16H25N3O4S. The predicted octanol–water partition coefficient (Wildman–Crippen LogP) is 0.204. The van der Waals surface area contributed by atoms with Gasteiger partial charge >= 0.3 is 0 Å². The van der Waals surface area contributed by atoms with Gasteiger partial charge in [-0.2, -0.15) is 4.31 Å². The number of nitrogens with two attached hydrogens (primary N) is 1. The number of nitrogens with zero attached hydrogens (tertiary/aromatic N) is 1. The molecule has 7 nitrogen and oxygen atoms in total. The minimum atomic E-state index is -3.39. The summed E-state index contributed by atoms with van der Waals surface area (Å²) in [7, 11) is -3.39. The highest BCUT2D eigenvalue weighted by atomic mass is 32.2. The number of hydrogen-bond acceptors (Lipinski definition) is 5. The van der Waals surface area contributed by atoms with Gasteiger partial charge in [-0.05, 0) is 24.1 Å². The lowest BCUT2D eigenvalue weighted by Crippen LogP contribution is -2.41. The zero-order valence-electron chi connectivity index (χ0n) is 13.7. The molecule has 24 heavy (non-hydrogen) atoms. The van der Waals surface area contributed by atoms with Crippen LogP contribution >= 0.6 is 0 Å². The number of hydrogen-bond donors (Lipinski definition) is 2. The highest BCUT2D eigenvalue weighted by molar-refractivity contribution is 7.88. The third-order valence-electron chi connectivity index (χ3n) is 3.90. The number of nitrogens with one attached hydrogen (secondary N) is 1. The zero-order valence-corrected chi connectivity index (χ0v) is 14.6. The lowest BCUT2D eigenvalue weighted by molar-refractivity contribution is -0.121. The van der Waals surface area contributed by atoms with Gasteiger partial charge < -0.3 is 15.8 Å². The highest BCUT2D eigenvalue weighted by Gasteiger charge is 2.25. The molecular weight excluding hydrogens is 330 g/mol. The number of ether oxygens (including phenoxy) is 1. The van der Waals surface area contributed by atoms with Crippen molar-refractivity contribution in [1.29, 1.82) is 0 Å². The van der Waals surface area contributed by atoms with Crippen LogP contribution in [0.4, 0.5) is 0 Å². The molecule has 0 saturated carbocycles. The first-order chi connectivity index (χ1) is 11.5. The monoisotopic (exact) mass is 355 g/mol. The Balaban J connectivity index is 2.01. The van der Waals surface area contributed by atoms with Crippen LogP contribution in [0.1, 0.15) is 24.0 Å². The maximum absolute atomic E-state index is 12.6. The Labute approximate surface area is 143 Å². The second-order valence-electron chi connectivity index (χ2n) is 5.71. The van der Waals surface area contributed by atoms with Gasteiger partial charge in [0.2, 0.25) is 15.9 Å². The fourth-order valence-corrected chi connectivity index (χ4v) is 4.09. The summed E-state index contributed by atoms with van der Waals surface area (Å²) in [6, 6.07) is 7.28. The van der Waals surface area contributed by atoms with Crippen molar-refractivity contribution in [2.45, 2.75) is 25.1 Å². The number of rotatable bonds is 8. The van der Waals surface area contributed by atoms with E-state index < -0.39 is 10.0 Å². The topological polar surface area (TPSA) is 102 Å². The van der Waals surface area contributed by atoms with Gasteiger partial charge in [-0.25, -0.2) is 8.42 Å². The first kappa shape index (κ1) is 18.9. The van der Waals surface area contributed by atoms with Gasteiger partial charge in [-0.15, -0.1) is 0 Å². The van der Waals surface area contributed by atoms with Gasteiger partial charge in [-0.3, -0.25) is 4.79 Å². The number of carbonyl (C=O) groups is 1. The van der Waals surface area contributed by atoms with E-state index in [4.69, 9.17) is 10.5 Å². The molecule has 1 fully saturated rings. The summed E-state index contributed by atoms with van der Waals surface area (Å²) in [6.45, 7) is 2.43. The molecule has 0 aliphatic carbocycles. The van der Waals surface area contributed by atoms with Crippen LogP contribution in [-0.4, -0.2) is 51.5 Å². The lowest BCUT2D eigenvalue weighted by Gasteiger charge is -2.26. The molecule has 8 heteroatoms. The average Bonchev–Trinajstić information content (AvgIpc) is 2.59. The van der Waals surface area contributed by atoms with E-state index in [0.29, 0.717) is 57.8 Å². The summed E-state index contributed by atoms with van der Waals surface area (Å²) >= 11 is 0. The molecule has 1 heterocycles. The summed E-state index contributed by atoms with van der Waals surface area (Å²) in [6.07, 6.45) is 1.02. The van der Waals surface area contributed by atoms with Crippen molar-refractivity contribution in [2.75, 3.05) is 32.8 Å². The number of sulfonamides is 1. The van der Waals surface area contributed by atoms with Crippen molar-refractivity contribution < 1.29 is 17.9 Å². The molecule has 2 rings (SSSR count). The van der Waals surface area contributed by atoms with E-state index in [1.165, 1.54) is 4.31 Å². The summed E-state index contributed by atoms with van der Waals surface area (Å²) < 4.78 is 31.8. The van der Waals surface area contributed by atoms with Crippen LogP contribution in [-0.2, 0) is 31.9 Å². The third-order valence-corrected chi connectivity index (χ3v) is 5.73. The Bertz CT molecular complexity index is 642. The van der Waals surface area contributed by atoms with Crippen molar-refractivity contribution in [2.24, 2.45) is 5.73 Å². The quantitative estimate of drug-likeness (QED) is 0.694. The first-order valence-corrected chi connectivity index (χ1v) is 9.73. The normalized spacial score (nSPS) is 16.0. The zero-order chi connectivity index (χ0) is 17.4. The third kappa shape index (κ3) is 5.55. The lowest BCUT2D eigenvalue weighted by atomic mass is 10.1. The molecule has 1 aromatic carbocycles. The maximum Gasteiger partial charge on any atom is 0.220 e. The van der Waals surface area contributed by atoms with Crippen LogP contribution in [0.2, 0.25) is 0 Å². The van der Waals surface area contributed by atoms with E-state index in [9.17, 15) is 13.2 Å². The van der Waals surface area contributed by atoms with Crippen LogP contribution in [0.3, 0.4) is 0 Å². The van der Waals surface area contributed by atoms with E-state index in [1.54, 1.807) is 6.07 Å². The van der Waals surface area contributed by atoms with Crippen LogP contribution in [0.15, 0.2) is 24.3 Å². The van der Waals surface area contributed by atoms with Crippen LogP contribution in [0, 0.1) is 0 Å². The Hall–Kier alpha value is -1.48. The van der Waals surface area contributed by atoms with Gasteiger partial charge in [0.1, 0.15) is 0 Å². The molecule has 0 atom stereocenters.